The second kappa shape index (κ2) is 4.70. The van der Waals surface area contributed by atoms with Gasteiger partial charge in [-0.05, 0) is 32.4 Å². The van der Waals surface area contributed by atoms with Gasteiger partial charge in [-0.2, -0.15) is 0 Å². The SMILES string of the molecule is CC(C)=C(C=N)c1cc(C)c(C=N)c(=O)[nH]1. The number of nitrogens with one attached hydrogen (secondary N) is 3. The summed E-state index contributed by atoms with van der Waals surface area (Å²) in [6, 6.07) is 1.79. The van der Waals surface area contributed by atoms with Crippen molar-refractivity contribution in [3.8, 4) is 0 Å². The van der Waals surface area contributed by atoms with Gasteiger partial charge in [0.05, 0.1) is 11.3 Å². The summed E-state index contributed by atoms with van der Waals surface area (Å²) < 4.78 is 0. The van der Waals surface area contributed by atoms with Gasteiger partial charge in [0.2, 0.25) is 0 Å². The number of H-pyrrole nitrogens is 1. The molecule has 0 aliphatic rings. The Morgan fingerprint density at radius 1 is 1.38 bits per heavy atom. The molecule has 1 heterocycles. The molecule has 0 aliphatic heterocycles. The molecule has 0 spiro atoms. The third-order valence-corrected chi connectivity index (χ3v) is 2.40. The molecule has 4 nitrogen and oxygen atoms in total. The Balaban J connectivity index is 3.51. The molecule has 0 radical (unpaired) electrons. The molecule has 0 saturated carbocycles. The maximum absolute atomic E-state index is 11.6. The third-order valence-electron chi connectivity index (χ3n) is 2.40. The zero-order valence-electron chi connectivity index (χ0n) is 9.64. The maximum atomic E-state index is 11.6. The van der Waals surface area contributed by atoms with Crippen LogP contribution in [0.15, 0.2) is 16.4 Å². The summed E-state index contributed by atoms with van der Waals surface area (Å²) in [7, 11) is 0. The van der Waals surface area contributed by atoms with Gasteiger partial charge in [-0.3, -0.25) is 4.79 Å². The Bertz CT molecular complexity index is 520. The van der Waals surface area contributed by atoms with Gasteiger partial charge < -0.3 is 15.8 Å². The highest BCUT2D eigenvalue weighted by atomic mass is 16.1. The van der Waals surface area contributed by atoms with Crippen molar-refractivity contribution in [3.63, 3.8) is 0 Å². The molecule has 0 atom stereocenters. The van der Waals surface area contributed by atoms with E-state index >= 15 is 0 Å². The lowest BCUT2D eigenvalue weighted by Crippen LogP contribution is -2.16. The van der Waals surface area contributed by atoms with Gasteiger partial charge >= 0.3 is 0 Å². The van der Waals surface area contributed by atoms with E-state index in [1.165, 1.54) is 6.21 Å². The normalized spacial score (nSPS) is 9.69. The van der Waals surface area contributed by atoms with E-state index in [0.717, 1.165) is 17.4 Å². The van der Waals surface area contributed by atoms with Gasteiger partial charge in [0.1, 0.15) is 0 Å². The average molecular weight is 217 g/mol. The van der Waals surface area contributed by atoms with E-state index in [2.05, 4.69) is 4.98 Å². The lowest BCUT2D eigenvalue weighted by molar-refractivity contribution is 1.16. The van der Waals surface area contributed by atoms with Crippen molar-refractivity contribution in [1.82, 2.24) is 4.98 Å². The number of rotatable bonds is 3. The summed E-state index contributed by atoms with van der Waals surface area (Å²) in [5.74, 6) is 0. The van der Waals surface area contributed by atoms with Gasteiger partial charge in [-0.1, -0.05) is 5.57 Å². The van der Waals surface area contributed by atoms with E-state index in [0.29, 0.717) is 16.8 Å². The zero-order valence-corrected chi connectivity index (χ0v) is 9.64. The van der Waals surface area contributed by atoms with Crippen LogP contribution in [0.1, 0.15) is 30.7 Å². The van der Waals surface area contributed by atoms with Crippen LogP contribution in [0.3, 0.4) is 0 Å². The summed E-state index contributed by atoms with van der Waals surface area (Å²) in [4.78, 5) is 14.3. The number of allylic oxidation sites excluding steroid dienone is 2. The van der Waals surface area contributed by atoms with Crippen molar-refractivity contribution in [2.75, 3.05) is 0 Å². The minimum absolute atomic E-state index is 0.286. The molecule has 0 fully saturated rings. The first-order chi connectivity index (χ1) is 7.51. The average Bonchev–Trinajstić information content (AvgIpc) is 2.17. The minimum atomic E-state index is -0.286. The van der Waals surface area contributed by atoms with E-state index in [1.807, 2.05) is 13.8 Å². The van der Waals surface area contributed by atoms with Crippen molar-refractivity contribution in [1.29, 1.82) is 10.8 Å². The summed E-state index contributed by atoms with van der Waals surface area (Å²) in [5.41, 5.74) is 3.12. The predicted molar refractivity (Wildman–Crippen MR) is 66.7 cm³/mol. The smallest absolute Gasteiger partial charge is 0.257 e. The van der Waals surface area contributed by atoms with Crippen molar-refractivity contribution < 1.29 is 0 Å². The molecule has 0 unspecified atom stereocenters. The number of hydrogen-bond acceptors (Lipinski definition) is 3. The molecule has 0 saturated heterocycles. The highest BCUT2D eigenvalue weighted by molar-refractivity contribution is 6.08. The molecule has 4 heteroatoms. The molecule has 1 rings (SSSR count). The lowest BCUT2D eigenvalue weighted by Gasteiger charge is -2.07. The van der Waals surface area contributed by atoms with Gasteiger partial charge in [0.15, 0.2) is 0 Å². The van der Waals surface area contributed by atoms with Gasteiger partial charge in [0.25, 0.3) is 5.56 Å². The van der Waals surface area contributed by atoms with Crippen LogP contribution in [0, 0.1) is 17.7 Å². The van der Waals surface area contributed by atoms with E-state index in [-0.39, 0.29) is 5.56 Å². The molecule has 0 bridgehead atoms. The number of aryl methyl sites for hydroxylation is 1. The first kappa shape index (κ1) is 12.1. The fourth-order valence-corrected chi connectivity index (χ4v) is 1.51. The Morgan fingerprint density at radius 2 is 2.00 bits per heavy atom. The lowest BCUT2D eigenvalue weighted by atomic mass is 10.0. The second-order valence-corrected chi connectivity index (χ2v) is 3.81. The first-order valence-electron chi connectivity index (χ1n) is 4.94. The Hall–Kier alpha value is -1.97. The summed E-state index contributed by atoms with van der Waals surface area (Å²) in [6.07, 6.45) is 2.27. The second-order valence-electron chi connectivity index (χ2n) is 3.81. The number of aromatic amines is 1. The fraction of sp³-hybridized carbons (Fsp3) is 0.250. The Labute approximate surface area is 94.0 Å². The predicted octanol–water partition coefficient (Wildman–Crippen LogP) is 2.12. The summed E-state index contributed by atoms with van der Waals surface area (Å²) >= 11 is 0. The van der Waals surface area contributed by atoms with Crippen LogP contribution in [-0.2, 0) is 0 Å². The number of pyridine rings is 1. The standard InChI is InChI=1S/C12H15N3O/c1-7(2)9(5-13)11-4-8(3)10(6-14)12(16)15-11/h4-6,13-14H,1-3H3,(H,15,16). The van der Waals surface area contributed by atoms with E-state index in [4.69, 9.17) is 10.8 Å². The van der Waals surface area contributed by atoms with Crippen LogP contribution in [0.5, 0.6) is 0 Å². The molecule has 3 N–H and O–H groups in total. The van der Waals surface area contributed by atoms with Crippen molar-refractivity contribution in [2.24, 2.45) is 0 Å². The Kier molecular flexibility index (Phi) is 3.55. The van der Waals surface area contributed by atoms with Crippen LogP contribution < -0.4 is 5.56 Å². The third kappa shape index (κ3) is 2.16. The highest BCUT2D eigenvalue weighted by Crippen LogP contribution is 2.14. The van der Waals surface area contributed by atoms with Crippen LogP contribution >= 0.6 is 0 Å². The van der Waals surface area contributed by atoms with Gasteiger partial charge in [-0.15, -0.1) is 0 Å². The zero-order chi connectivity index (χ0) is 12.3. The summed E-state index contributed by atoms with van der Waals surface area (Å²) in [6.45, 7) is 5.56. The molecular formula is C12H15N3O. The molecule has 84 valence electrons. The number of hydrogen-bond donors (Lipinski definition) is 3. The molecule has 1 aromatic heterocycles. The van der Waals surface area contributed by atoms with Crippen LogP contribution in [0.4, 0.5) is 0 Å². The first-order valence-corrected chi connectivity index (χ1v) is 4.94. The van der Waals surface area contributed by atoms with Gasteiger partial charge in [-0.25, -0.2) is 0 Å². The molecule has 0 amide bonds. The van der Waals surface area contributed by atoms with E-state index in [9.17, 15) is 4.79 Å². The fourth-order valence-electron chi connectivity index (χ4n) is 1.51. The number of aromatic nitrogens is 1. The largest absolute Gasteiger partial charge is 0.321 e. The molecule has 0 aliphatic carbocycles. The van der Waals surface area contributed by atoms with Gasteiger partial charge in [0, 0.05) is 18.0 Å². The van der Waals surface area contributed by atoms with E-state index < -0.39 is 0 Å². The highest BCUT2D eigenvalue weighted by Gasteiger charge is 2.07. The summed E-state index contributed by atoms with van der Waals surface area (Å²) in [5, 5.41) is 14.4. The van der Waals surface area contributed by atoms with Crippen LogP contribution in [0.25, 0.3) is 5.57 Å². The van der Waals surface area contributed by atoms with E-state index in [1.54, 1.807) is 13.0 Å². The van der Waals surface area contributed by atoms with Crippen molar-refractivity contribution in [2.45, 2.75) is 20.8 Å². The molecule has 1 aromatic rings. The van der Waals surface area contributed by atoms with Crippen molar-refractivity contribution >= 4 is 18.0 Å². The Morgan fingerprint density at radius 3 is 2.38 bits per heavy atom. The maximum Gasteiger partial charge on any atom is 0.257 e. The minimum Gasteiger partial charge on any atom is -0.321 e. The molecule has 16 heavy (non-hydrogen) atoms. The van der Waals surface area contributed by atoms with Crippen molar-refractivity contribution in [3.05, 3.63) is 38.8 Å². The van der Waals surface area contributed by atoms with Crippen LogP contribution in [0.2, 0.25) is 0 Å². The molecule has 0 aromatic carbocycles. The monoisotopic (exact) mass is 217 g/mol. The van der Waals surface area contributed by atoms with Crippen LogP contribution in [-0.4, -0.2) is 17.4 Å². The quantitative estimate of drug-likeness (QED) is 0.666. The topological polar surface area (TPSA) is 80.6 Å². The molecular weight excluding hydrogens is 202 g/mol.